The van der Waals surface area contributed by atoms with E-state index in [-0.39, 0.29) is 13.2 Å². The van der Waals surface area contributed by atoms with E-state index in [2.05, 4.69) is 9.97 Å². The number of nitrogens with zero attached hydrogens (tertiary/aromatic N) is 3. The zero-order valence-corrected chi connectivity index (χ0v) is 15.5. The first kappa shape index (κ1) is 17.2. The Kier molecular flexibility index (Phi) is 4.15. The van der Waals surface area contributed by atoms with Crippen molar-refractivity contribution in [2.24, 2.45) is 0 Å². The van der Waals surface area contributed by atoms with Crippen molar-refractivity contribution < 1.29 is 13.9 Å². The fourth-order valence-corrected chi connectivity index (χ4v) is 3.93. The minimum Gasteiger partial charge on any atom is -0.456 e. The van der Waals surface area contributed by atoms with Crippen LogP contribution in [0.4, 0.5) is 5.82 Å². The number of aryl methyl sites for hydroxylation is 2. The topological polar surface area (TPSA) is 113 Å². The van der Waals surface area contributed by atoms with E-state index >= 15 is 0 Å². The van der Waals surface area contributed by atoms with E-state index < -0.39 is 11.7 Å². The van der Waals surface area contributed by atoms with Crippen LogP contribution in [0, 0.1) is 13.8 Å². The highest BCUT2D eigenvalue weighted by molar-refractivity contribution is 7.18. The molecule has 0 fully saturated rings. The molecule has 0 aliphatic rings. The van der Waals surface area contributed by atoms with Gasteiger partial charge in [-0.25, -0.2) is 14.8 Å². The third-order valence-corrected chi connectivity index (χ3v) is 5.43. The smallest absolute Gasteiger partial charge is 0.420 e. The van der Waals surface area contributed by atoms with Crippen LogP contribution in [0.5, 0.6) is 0 Å². The molecule has 1 aromatic carbocycles. The zero-order chi connectivity index (χ0) is 19.1. The highest BCUT2D eigenvalue weighted by Gasteiger charge is 2.16. The van der Waals surface area contributed by atoms with Gasteiger partial charge >= 0.3 is 11.7 Å². The lowest BCUT2D eigenvalue weighted by molar-refractivity contribution is -0.145. The Morgan fingerprint density at radius 1 is 1.30 bits per heavy atom. The fraction of sp³-hybridized carbons (Fsp3) is 0.222. The van der Waals surface area contributed by atoms with E-state index in [1.54, 1.807) is 24.3 Å². The van der Waals surface area contributed by atoms with E-state index in [4.69, 9.17) is 14.9 Å². The van der Waals surface area contributed by atoms with Crippen LogP contribution >= 0.6 is 11.3 Å². The van der Waals surface area contributed by atoms with Gasteiger partial charge in [0, 0.05) is 4.88 Å². The van der Waals surface area contributed by atoms with Crippen LogP contribution in [0.15, 0.2) is 33.5 Å². The molecule has 0 spiro atoms. The number of rotatable bonds is 4. The second kappa shape index (κ2) is 6.51. The SMILES string of the molecule is Cc1sc2nc(COC(=O)Cn3c(=O)oc4ccccc43)nc(N)c2c1C. The predicted octanol–water partition coefficient (Wildman–Crippen LogP) is 2.54. The van der Waals surface area contributed by atoms with Gasteiger partial charge in [-0.15, -0.1) is 11.3 Å². The van der Waals surface area contributed by atoms with E-state index in [1.807, 2.05) is 13.8 Å². The van der Waals surface area contributed by atoms with Gasteiger partial charge in [-0.05, 0) is 31.5 Å². The lowest BCUT2D eigenvalue weighted by Gasteiger charge is -2.06. The van der Waals surface area contributed by atoms with E-state index in [0.29, 0.717) is 22.7 Å². The number of aromatic nitrogens is 3. The number of ether oxygens (including phenoxy) is 1. The molecule has 0 unspecified atom stereocenters. The molecule has 0 bridgehead atoms. The first-order valence-corrected chi connectivity index (χ1v) is 9.02. The third kappa shape index (κ3) is 3.06. The van der Waals surface area contributed by atoms with Gasteiger partial charge in [-0.3, -0.25) is 9.36 Å². The second-order valence-electron chi connectivity index (χ2n) is 6.07. The molecule has 0 aliphatic heterocycles. The average molecular weight is 384 g/mol. The Labute approximate surface area is 157 Å². The quantitative estimate of drug-likeness (QED) is 0.538. The first-order valence-electron chi connectivity index (χ1n) is 8.20. The third-order valence-electron chi connectivity index (χ3n) is 4.33. The summed E-state index contributed by atoms with van der Waals surface area (Å²) in [6, 6.07) is 6.87. The Morgan fingerprint density at radius 3 is 2.89 bits per heavy atom. The van der Waals surface area contributed by atoms with Gasteiger partial charge in [-0.2, -0.15) is 0 Å². The maximum Gasteiger partial charge on any atom is 0.420 e. The van der Waals surface area contributed by atoms with Crippen molar-refractivity contribution in [3.05, 3.63) is 51.1 Å². The Morgan fingerprint density at radius 2 is 2.07 bits per heavy atom. The molecule has 3 aromatic heterocycles. The van der Waals surface area contributed by atoms with Crippen molar-refractivity contribution in [1.29, 1.82) is 0 Å². The highest BCUT2D eigenvalue weighted by Crippen LogP contribution is 2.31. The molecular formula is C18H16N4O4S. The molecule has 0 atom stereocenters. The molecule has 0 saturated heterocycles. The summed E-state index contributed by atoms with van der Waals surface area (Å²) in [6.07, 6.45) is 0. The van der Waals surface area contributed by atoms with Crippen LogP contribution in [-0.2, 0) is 22.7 Å². The highest BCUT2D eigenvalue weighted by atomic mass is 32.1. The molecule has 3 heterocycles. The summed E-state index contributed by atoms with van der Waals surface area (Å²) in [7, 11) is 0. The number of benzene rings is 1. The summed E-state index contributed by atoms with van der Waals surface area (Å²) in [5, 5.41) is 0.837. The first-order chi connectivity index (χ1) is 12.9. The number of carbonyl (C=O) groups excluding carboxylic acids is 1. The van der Waals surface area contributed by atoms with Crippen molar-refractivity contribution in [1.82, 2.24) is 14.5 Å². The largest absolute Gasteiger partial charge is 0.456 e. The van der Waals surface area contributed by atoms with Crippen molar-refractivity contribution >= 4 is 44.4 Å². The molecule has 138 valence electrons. The molecule has 9 heteroatoms. The number of nitrogen functional groups attached to an aromatic ring is 1. The molecule has 4 rings (SSSR count). The van der Waals surface area contributed by atoms with Crippen molar-refractivity contribution in [3.8, 4) is 0 Å². The van der Waals surface area contributed by atoms with Crippen LogP contribution in [0.1, 0.15) is 16.3 Å². The number of thiophene rings is 1. The number of hydrogen-bond donors (Lipinski definition) is 1. The maximum atomic E-state index is 12.2. The summed E-state index contributed by atoms with van der Waals surface area (Å²) in [6.45, 7) is 3.58. The standard InChI is InChI=1S/C18H16N4O4S/c1-9-10(2)27-17-15(9)16(19)20-13(21-17)8-25-14(23)7-22-11-5-3-4-6-12(11)26-18(22)24/h3-6H,7-8H2,1-2H3,(H2,19,20,21). The van der Waals surface area contributed by atoms with Gasteiger partial charge in [0.05, 0.1) is 10.9 Å². The Hall–Kier alpha value is -3.20. The second-order valence-corrected chi connectivity index (χ2v) is 7.27. The van der Waals surface area contributed by atoms with E-state index in [0.717, 1.165) is 20.7 Å². The minimum absolute atomic E-state index is 0.125. The van der Waals surface area contributed by atoms with Crippen molar-refractivity contribution in [3.63, 3.8) is 0 Å². The van der Waals surface area contributed by atoms with E-state index in [1.165, 1.54) is 15.9 Å². The monoisotopic (exact) mass is 384 g/mol. The number of fused-ring (bicyclic) bond motifs is 2. The molecule has 8 nitrogen and oxygen atoms in total. The molecule has 0 radical (unpaired) electrons. The van der Waals surface area contributed by atoms with Crippen LogP contribution in [0.25, 0.3) is 21.3 Å². The molecule has 0 amide bonds. The number of carbonyl (C=O) groups is 1. The number of oxazole rings is 1. The van der Waals surface area contributed by atoms with Crippen LogP contribution < -0.4 is 11.5 Å². The molecule has 0 aliphatic carbocycles. The van der Waals surface area contributed by atoms with Crippen LogP contribution in [0.3, 0.4) is 0 Å². The molecular weight excluding hydrogens is 368 g/mol. The maximum absolute atomic E-state index is 12.2. The number of esters is 1. The fourth-order valence-electron chi connectivity index (χ4n) is 2.87. The van der Waals surface area contributed by atoms with Crippen molar-refractivity contribution in [2.75, 3.05) is 5.73 Å². The number of nitrogens with two attached hydrogens (primary N) is 1. The van der Waals surface area contributed by atoms with Gasteiger partial charge in [0.25, 0.3) is 0 Å². The van der Waals surface area contributed by atoms with Gasteiger partial charge in [0.1, 0.15) is 17.2 Å². The summed E-state index contributed by atoms with van der Waals surface area (Å²) in [5.74, 6) is -0.520. The molecule has 27 heavy (non-hydrogen) atoms. The number of para-hydroxylation sites is 2. The summed E-state index contributed by atoms with van der Waals surface area (Å²) in [4.78, 5) is 34.6. The molecule has 0 saturated carbocycles. The predicted molar refractivity (Wildman–Crippen MR) is 102 cm³/mol. The Bertz CT molecular complexity index is 1240. The van der Waals surface area contributed by atoms with Crippen molar-refractivity contribution in [2.45, 2.75) is 27.0 Å². The zero-order valence-electron chi connectivity index (χ0n) is 14.7. The normalized spacial score (nSPS) is 11.3. The summed E-state index contributed by atoms with van der Waals surface area (Å²) >= 11 is 1.52. The van der Waals surface area contributed by atoms with Gasteiger partial charge in [0.15, 0.2) is 18.0 Å². The number of anilines is 1. The van der Waals surface area contributed by atoms with Crippen LogP contribution in [-0.4, -0.2) is 20.5 Å². The average Bonchev–Trinajstić information content (AvgIpc) is 3.10. The van der Waals surface area contributed by atoms with E-state index in [9.17, 15) is 9.59 Å². The molecule has 2 N–H and O–H groups in total. The minimum atomic E-state index is -0.611. The van der Waals surface area contributed by atoms with Crippen LogP contribution in [0.2, 0.25) is 0 Å². The lowest BCUT2D eigenvalue weighted by Crippen LogP contribution is -2.21. The van der Waals surface area contributed by atoms with Gasteiger partial charge < -0.3 is 14.9 Å². The lowest BCUT2D eigenvalue weighted by atomic mass is 10.2. The number of hydrogen-bond acceptors (Lipinski definition) is 8. The van der Waals surface area contributed by atoms with Gasteiger partial charge in [0.2, 0.25) is 0 Å². The Balaban J connectivity index is 1.52. The molecule has 4 aromatic rings. The summed E-state index contributed by atoms with van der Waals surface area (Å²) < 4.78 is 11.6. The van der Waals surface area contributed by atoms with Gasteiger partial charge in [-0.1, -0.05) is 12.1 Å². The summed E-state index contributed by atoms with van der Waals surface area (Å²) in [5.41, 5.74) is 8.03.